The Morgan fingerprint density at radius 3 is 2.66 bits per heavy atom. The number of epoxide rings is 1. The van der Waals surface area contributed by atoms with Crippen molar-refractivity contribution in [3.05, 3.63) is 53.1 Å². The molecular weight excluding hydrogens is 516 g/mol. The number of fused-ring (bicyclic) bond motifs is 8. The van der Waals surface area contributed by atoms with E-state index in [1.165, 1.54) is 42.9 Å². The van der Waals surface area contributed by atoms with Crippen molar-refractivity contribution in [2.24, 2.45) is 23.2 Å². The Bertz CT molecular complexity index is 1270. The van der Waals surface area contributed by atoms with Crippen molar-refractivity contribution in [2.45, 2.75) is 122 Å². The number of aromatic hydroxyl groups is 1. The van der Waals surface area contributed by atoms with Crippen molar-refractivity contribution < 1.29 is 28.9 Å². The van der Waals surface area contributed by atoms with E-state index in [9.17, 15) is 14.7 Å². The summed E-state index contributed by atoms with van der Waals surface area (Å²) in [7, 11) is 0. The quantitative estimate of drug-likeness (QED) is 0.173. The third-order valence-corrected chi connectivity index (χ3v) is 11.5. The molecule has 2 saturated carbocycles. The lowest BCUT2D eigenvalue weighted by Crippen LogP contribution is -2.45. The molecule has 6 nitrogen and oxygen atoms in total. The van der Waals surface area contributed by atoms with Crippen LogP contribution in [0.25, 0.3) is 0 Å². The number of benzene rings is 1. The fourth-order valence-electron chi connectivity index (χ4n) is 9.12. The molecule has 2 aliphatic heterocycles. The first-order chi connectivity index (χ1) is 19.5. The molecule has 222 valence electrons. The maximum Gasteiger partial charge on any atom is 0.334 e. The Labute approximate surface area is 244 Å². The van der Waals surface area contributed by atoms with Gasteiger partial charge in [-0.2, -0.15) is 0 Å². The number of phenols is 1. The summed E-state index contributed by atoms with van der Waals surface area (Å²) in [5.74, 6) is 2.13. The number of carbonyl (C=O) groups is 2. The van der Waals surface area contributed by atoms with Gasteiger partial charge in [-0.25, -0.2) is 4.79 Å². The first-order valence-corrected chi connectivity index (χ1v) is 15.7. The third-order valence-electron chi connectivity index (χ3n) is 11.5. The summed E-state index contributed by atoms with van der Waals surface area (Å²) in [5.41, 5.74) is 4.86. The van der Waals surface area contributed by atoms with Gasteiger partial charge in [-0.1, -0.05) is 31.2 Å². The minimum Gasteiger partial charge on any atom is -0.508 e. The van der Waals surface area contributed by atoms with Crippen LogP contribution in [0.3, 0.4) is 0 Å². The molecule has 4 fully saturated rings. The van der Waals surface area contributed by atoms with Crippen LogP contribution >= 0.6 is 0 Å². The molecular formula is C35H46O6. The molecule has 9 atom stereocenters. The lowest BCUT2D eigenvalue weighted by Gasteiger charge is -2.50. The van der Waals surface area contributed by atoms with E-state index in [-0.39, 0.29) is 47.2 Å². The van der Waals surface area contributed by atoms with Crippen LogP contribution in [0.1, 0.15) is 103 Å². The molecule has 41 heavy (non-hydrogen) atoms. The van der Waals surface area contributed by atoms with Crippen LogP contribution in [-0.4, -0.2) is 41.0 Å². The molecule has 0 spiro atoms. The molecule has 2 heterocycles. The molecule has 1 aromatic rings. The van der Waals surface area contributed by atoms with Crippen LogP contribution in [0.5, 0.6) is 5.75 Å². The SMILES string of the molecule is C=C1C(=O)OC2C1CCC(C)=CCCC1(C)OC21.CC(=O)OC1CCC2C3CCc4cc(O)ccc4C3CCC12C. The highest BCUT2D eigenvalue weighted by atomic mass is 16.6. The van der Waals surface area contributed by atoms with Crippen LogP contribution < -0.4 is 0 Å². The summed E-state index contributed by atoms with van der Waals surface area (Å²) >= 11 is 0. The molecule has 6 aliphatic rings. The highest BCUT2D eigenvalue weighted by Crippen LogP contribution is 2.61. The van der Waals surface area contributed by atoms with E-state index in [2.05, 4.69) is 39.5 Å². The molecule has 6 heteroatoms. The lowest BCUT2D eigenvalue weighted by atomic mass is 9.55. The highest BCUT2D eigenvalue weighted by molar-refractivity contribution is 5.91. The molecule has 0 amide bonds. The van der Waals surface area contributed by atoms with E-state index in [1.54, 1.807) is 0 Å². The number of phenolic OH excluding ortho intramolecular Hbond substituents is 1. The molecule has 1 N–H and O–H groups in total. The third kappa shape index (κ3) is 5.15. The first-order valence-electron chi connectivity index (χ1n) is 15.7. The van der Waals surface area contributed by atoms with E-state index in [4.69, 9.17) is 14.2 Å². The number of carbonyl (C=O) groups excluding carboxylic acids is 2. The highest BCUT2D eigenvalue weighted by Gasteiger charge is 2.61. The average molecular weight is 563 g/mol. The number of rotatable bonds is 1. The summed E-state index contributed by atoms with van der Waals surface area (Å²) < 4.78 is 17.0. The van der Waals surface area contributed by atoms with Crippen molar-refractivity contribution in [1.82, 2.24) is 0 Å². The Kier molecular flexibility index (Phi) is 7.37. The van der Waals surface area contributed by atoms with Crippen molar-refractivity contribution in [3.63, 3.8) is 0 Å². The van der Waals surface area contributed by atoms with Gasteiger partial charge in [0, 0.05) is 23.8 Å². The number of ether oxygens (including phenoxy) is 3. The second-order valence-corrected chi connectivity index (χ2v) is 14.0. The lowest BCUT2D eigenvalue weighted by molar-refractivity contribution is -0.154. The number of allylic oxidation sites excluding steroid dienone is 2. The van der Waals surface area contributed by atoms with Crippen LogP contribution in [0.2, 0.25) is 0 Å². The van der Waals surface area contributed by atoms with Crippen molar-refractivity contribution in [3.8, 4) is 5.75 Å². The predicted molar refractivity (Wildman–Crippen MR) is 156 cm³/mol. The smallest absolute Gasteiger partial charge is 0.334 e. The molecule has 0 aromatic heterocycles. The molecule has 0 radical (unpaired) electrons. The Morgan fingerprint density at radius 2 is 1.88 bits per heavy atom. The van der Waals surface area contributed by atoms with Crippen LogP contribution in [0.4, 0.5) is 0 Å². The van der Waals surface area contributed by atoms with E-state index < -0.39 is 0 Å². The van der Waals surface area contributed by atoms with Gasteiger partial charge in [-0.15, -0.1) is 0 Å². The standard InChI is InChI=1S/C20H26O3.C15H20O3/c1-12(21)23-19-8-7-18-17-5-3-13-11-14(22)4-6-15(13)16(17)9-10-20(18,19)2;1-9-5-4-8-15(3)13(18-15)12-11(7-6-9)10(2)14(16)17-12/h4,6,11,16-19,22H,3,5,7-10H2,1-2H3;5,11-13H,2,4,6-8H2,1,3H3. The summed E-state index contributed by atoms with van der Waals surface area (Å²) in [5, 5.41) is 9.75. The number of hydrogen-bond acceptors (Lipinski definition) is 6. The fourth-order valence-corrected chi connectivity index (χ4v) is 9.12. The van der Waals surface area contributed by atoms with Gasteiger partial charge >= 0.3 is 11.9 Å². The zero-order valence-electron chi connectivity index (χ0n) is 25.1. The van der Waals surface area contributed by atoms with Gasteiger partial charge in [0.2, 0.25) is 0 Å². The predicted octanol–water partition coefficient (Wildman–Crippen LogP) is 6.94. The largest absolute Gasteiger partial charge is 0.508 e. The van der Waals surface area contributed by atoms with Gasteiger partial charge in [0.1, 0.15) is 24.1 Å². The van der Waals surface area contributed by atoms with Gasteiger partial charge in [0.05, 0.1) is 5.60 Å². The molecule has 7 rings (SSSR count). The normalized spacial score (nSPS) is 40.7. The summed E-state index contributed by atoms with van der Waals surface area (Å²) in [6.45, 7) is 12.1. The van der Waals surface area contributed by atoms with Crippen molar-refractivity contribution >= 4 is 11.9 Å². The topological polar surface area (TPSA) is 85.4 Å². The zero-order valence-corrected chi connectivity index (χ0v) is 25.1. The number of esters is 2. The van der Waals surface area contributed by atoms with Gasteiger partial charge < -0.3 is 19.3 Å². The van der Waals surface area contributed by atoms with Crippen LogP contribution in [-0.2, 0) is 30.2 Å². The summed E-state index contributed by atoms with van der Waals surface area (Å²) in [6.07, 6.45) is 13.1. The van der Waals surface area contributed by atoms with Crippen LogP contribution in [0, 0.1) is 23.2 Å². The number of aryl methyl sites for hydroxylation is 1. The Balaban J connectivity index is 0.000000152. The maximum atomic E-state index is 11.7. The van der Waals surface area contributed by atoms with Crippen molar-refractivity contribution in [2.75, 3.05) is 0 Å². The number of hydrogen-bond donors (Lipinski definition) is 1. The summed E-state index contributed by atoms with van der Waals surface area (Å²) in [4.78, 5) is 23.1. The Morgan fingerprint density at radius 1 is 1.07 bits per heavy atom. The maximum absolute atomic E-state index is 11.7. The van der Waals surface area contributed by atoms with E-state index in [1.807, 2.05) is 12.1 Å². The zero-order chi connectivity index (χ0) is 29.1. The van der Waals surface area contributed by atoms with Crippen LogP contribution in [0.15, 0.2) is 42.0 Å². The Hall–Kier alpha value is -2.60. The monoisotopic (exact) mass is 562 g/mol. The van der Waals surface area contributed by atoms with Gasteiger partial charge in [0.15, 0.2) is 0 Å². The van der Waals surface area contributed by atoms with Crippen molar-refractivity contribution in [1.29, 1.82) is 0 Å². The molecule has 2 saturated heterocycles. The van der Waals surface area contributed by atoms with E-state index >= 15 is 0 Å². The molecule has 4 aliphatic carbocycles. The fraction of sp³-hybridized carbons (Fsp3) is 0.657. The minimum atomic E-state index is -0.233. The average Bonchev–Trinajstić information content (AvgIpc) is 3.36. The molecule has 1 aromatic carbocycles. The second-order valence-electron chi connectivity index (χ2n) is 14.0. The summed E-state index contributed by atoms with van der Waals surface area (Å²) in [6, 6.07) is 5.93. The van der Waals surface area contributed by atoms with Gasteiger partial charge in [-0.3, -0.25) is 4.79 Å². The van der Waals surface area contributed by atoms with E-state index in [0.717, 1.165) is 44.9 Å². The van der Waals surface area contributed by atoms with Gasteiger partial charge in [-0.05, 0) is 119 Å². The molecule has 0 bridgehead atoms. The van der Waals surface area contributed by atoms with Gasteiger partial charge in [0.25, 0.3) is 0 Å². The minimum absolute atomic E-state index is 0.0671. The van der Waals surface area contributed by atoms with E-state index in [0.29, 0.717) is 29.1 Å². The second kappa shape index (κ2) is 10.6. The molecule has 9 unspecified atom stereocenters. The first kappa shape index (κ1) is 28.5.